The average molecular weight is 757 g/mol. The number of fused-ring (bicyclic) bond motifs is 5. The van der Waals surface area contributed by atoms with E-state index < -0.39 is 0 Å². The van der Waals surface area contributed by atoms with Gasteiger partial charge in [-0.25, -0.2) is 15.0 Å². The number of hydrogen-bond acceptors (Lipinski definition) is 5. The molecule has 1 aromatic heterocycles. The van der Waals surface area contributed by atoms with E-state index in [0.717, 1.165) is 61.6 Å². The first-order valence-electron chi connectivity index (χ1n) is 19.8. The molecular formula is C54H36N4O. The summed E-state index contributed by atoms with van der Waals surface area (Å²) in [6, 6.07) is 68.6. The van der Waals surface area contributed by atoms with Crippen LogP contribution in [0, 0.1) is 11.3 Å². The van der Waals surface area contributed by atoms with Crippen molar-refractivity contribution < 1.29 is 4.74 Å². The maximum Gasteiger partial charge on any atom is 0.164 e. The van der Waals surface area contributed by atoms with Crippen molar-refractivity contribution in [2.24, 2.45) is 0 Å². The number of aromatic nitrogens is 3. The first-order chi connectivity index (χ1) is 29.2. The van der Waals surface area contributed by atoms with E-state index in [1.807, 2.05) is 84.9 Å². The Bertz CT molecular complexity index is 2970. The van der Waals surface area contributed by atoms with Gasteiger partial charge in [0.1, 0.15) is 11.5 Å². The molecule has 59 heavy (non-hydrogen) atoms. The van der Waals surface area contributed by atoms with E-state index in [-0.39, 0.29) is 0 Å². The van der Waals surface area contributed by atoms with E-state index in [2.05, 4.69) is 115 Å². The van der Waals surface area contributed by atoms with Gasteiger partial charge >= 0.3 is 0 Å². The van der Waals surface area contributed by atoms with Gasteiger partial charge in [0.05, 0.1) is 11.6 Å². The van der Waals surface area contributed by atoms with Crippen molar-refractivity contribution in [1.82, 2.24) is 15.0 Å². The first kappa shape index (κ1) is 35.5. The zero-order valence-corrected chi connectivity index (χ0v) is 32.1. The summed E-state index contributed by atoms with van der Waals surface area (Å²) in [5.74, 6) is 3.36. The van der Waals surface area contributed by atoms with Gasteiger partial charge in [-0.15, -0.1) is 0 Å². The monoisotopic (exact) mass is 756 g/mol. The highest BCUT2D eigenvalue weighted by Crippen LogP contribution is 2.45. The van der Waals surface area contributed by atoms with Crippen molar-refractivity contribution in [3.63, 3.8) is 0 Å². The minimum Gasteiger partial charge on any atom is -0.455 e. The Kier molecular flexibility index (Phi) is 9.34. The van der Waals surface area contributed by atoms with Crippen molar-refractivity contribution in [2.45, 2.75) is 12.8 Å². The summed E-state index contributed by atoms with van der Waals surface area (Å²) in [5, 5.41) is 10.2. The average Bonchev–Trinajstić information content (AvgIpc) is 3.33. The Hall–Kier alpha value is -7.94. The number of benzene rings is 8. The van der Waals surface area contributed by atoms with Crippen molar-refractivity contribution >= 4 is 0 Å². The van der Waals surface area contributed by atoms with E-state index in [9.17, 15) is 5.26 Å². The molecular weight excluding hydrogens is 721 g/mol. The minimum absolute atomic E-state index is 0.596. The highest BCUT2D eigenvalue weighted by Gasteiger charge is 2.23. The summed E-state index contributed by atoms with van der Waals surface area (Å²) >= 11 is 0. The van der Waals surface area contributed by atoms with Crippen molar-refractivity contribution in [2.75, 3.05) is 0 Å². The van der Waals surface area contributed by atoms with Crippen LogP contribution in [0.2, 0.25) is 0 Å². The second-order valence-electron chi connectivity index (χ2n) is 14.6. The predicted octanol–water partition coefficient (Wildman–Crippen LogP) is 13.0. The molecule has 0 amide bonds. The van der Waals surface area contributed by atoms with Gasteiger partial charge in [-0.3, -0.25) is 0 Å². The van der Waals surface area contributed by atoms with Crippen LogP contribution in [0.1, 0.15) is 27.8 Å². The third-order valence-electron chi connectivity index (χ3n) is 11.0. The lowest BCUT2D eigenvalue weighted by atomic mass is 9.89. The van der Waals surface area contributed by atoms with E-state index >= 15 is 0 Å². The molecule has 5 heteroatoms. The highest BCUT2D eigenvalue weighted by molar-refractivity contribution is 5.82. The number of nitrogens with zero attached hydrogens (tertiary/aromatic N) is 4. The molecule has 1 aliphatic rings. The molecule has 10 rings (SSSR count). The van der Waals surface area contributed by atoms with Crippen LogP contribution in [-0.4, -0.2) is 15.0 Å². The fourth-order valence-corrected chi connectivity index (χ4v) is 8.07. The molecule has 278 valence electrons. The van der Waals surface area contributed by atoms with Gasteiger partial charge in [0.25, 0.3) is 0 Å². The molecule has 0 saturated heterocycles. The molecule has 5 nitrogen and oxygen atoms in total. The van der Waals surface area contributed by atoms with Gasteiger partial charge in [-0.2, -0.15) is 5.26 Å². The second kappa shape index (κ2) is 15.5. The topological polar surface area (TPSA) is 71.7 Å². The zero-order valence-electron chi connectivity index (χ0n) is 32.1. The van der Waals surface area contributed by atoms with Gasteiger partial charge in [-0.1, -0.05) is 188 Å². The molecule has 2 heterocycles. The van der Waals surface area contributed by atoms with E-state index in [0.29, 0.717) is 35.9 Å². The Balaban J connectivity index is 1.14. The number of hydrogen-bond donors (Lipinski definition) is 0. The first-order valence-corrected chi connectivity index (χ1v) is 19.8. The molecule has 0 saturated carbocycles. The Morgan fingerprint density at radius 3 is 1.27 bits per heavy atom. The Morgan fingerprint density at radius 2 is 0.729 bits per heavy atom. The maximum absolute atomic E-state index is 10.2. The third kappa shape index (κ3) is 6.94. The number of ether oxygens (including phenoxy) is 1. The molecule has 0 bridgehead atoms. The minimum atomic E-state index is 0.596. The van der Waals surface area contributed by atoms with Gasteiger partial charge in [0.2, 0.25) is 0 Å². The summed E-state index contributed by atoms with van der Waals surface area (Å²) in [5.41, 5.74) is 13.9. The van der Waals surface area contributed by atoms with Crippen LogP contribution in [0.15, 0.2) is 194 Å². The molecule has 0 aliphatic carbocycles. The lowest BCUT2D eigenvalue weighted by Crippen LogP contribution is -2.01. The quantitative estimate of drug-likeness (QED) is 0.175. The van der Waals surface area contributed by atoms with Gasteiger partial charge in [0.15, 0.2) is 17.5 Å². The lowest BCUT2D eigenvalue weighted by molar-refractivity contribution is 0.476. The van der Waals surface area contributed by atoms with E-state index in [1.54, 1.807) is 0 Å². The van der Waals surface area contributed by atoms with Crippen molar-refractivity contribution in [3.05, 3.63) is 222 Å². The molecule has 9 aromatic rings. The van der Waals surface area contributed by atoms with E-state index in [1.165, 1.54) is 22.3 Å². The largest absolute Gasteiger partial charge is 0.455 e. The van der Waals surface area contributed by atoms with Crippen LogP contribution in [0.5, 0.6) is 11.5 Å². The van der Waals surface area contributed by atoms with Crippen LogP contribution < -0.4 is 4.74 Å². The predicted molar refractivity (Wildman–Crippen MR) is 236 cm³/mol. The molecule has 0 radical (unpaired) electrons. The smallest absolute Gasteiger partial charge is 0.164 e. The number of rotatable bonds is 5. The molecule has 1 aliphatic heterocycles. The second-order valence-corrected chi connectivity index (χ2v) is 14.6. The summed E-state index contributed by atoms with van der Waals surface area (Å²) in [7, 11) is 0. The van der Waals surface area contributed by atoms with Crippen LogP contribution in [0.4, 0.5) is 0 Å². The fourth-order valence-electron chi connectivity index (χ4n) is 8.07. The Labute approximate surface area is 343 Å². The van der Waals surface area contributed by atoms with Gasteiger partial charge in [-0.05, 0) is 45.0 Å². The van der Waals surface area contributed by atoms with Gasteiger partial charge in [0, 0.05) is 46.2 Å². The van der Waals surface area contributed by atoms with E-state index in [4.69, 9.17) is 19.7 Å². The molecule has 0 fully saturated rings. The van der Waals surface area contributed by atoms with Gasteiger partial charge < -0.3 is 4.74 Å². The molecule has 8 aromatic carbocycles. The normalized spacial score (nSPS) is 11.7. The fraction of sp³-hybridized carbons (Fsp3) is 0.0370. The molecule has 0 atom stereocenters. The summed E-state index contributed by atoms with van der Waals surface area (Å²) in [6.45, 7) is 0. The Morgan fingerprint density at radius 1 is 0.339 bits per heavy atom. The van der Waals surface area contributed by atoms with Crippen LogP contribution in [0.25, 0.3) is 67.5 Å². The summed E-state index contributed by atoms with van der Waals surface area (Å²) in [4.78, 5) is 14.8. The van der Waals surface area contributed by atoms with Crippen molar-refractivity contribution in [3.8, 4) is 85.1 Å². The van der Waals surface area contributed by atoms with Crippen LogP contribution >= 0.6 is 0 Å². The van der Waals surface area contributed by atoms with Crippen LogP contribution in [0.3, 0.4) is 0 Å². The molecule has 0 spiro atoms. The summed E-state index contributed by atoms with van der Waals surface area (Å²) in [6.07, 6.45) is 1.31. The maximum atomic E-state index is 10.2. The number of para-hydroxylation sites is 2. The highest BCUT2D eigenvalue weighted by atomic mass is 16.5. The lowest BCUT2D eigenvalue weighted by Gasteiger charge is -2.21. The SMILES string of the molecule is N#Cc1ccccc1-c1cccc2c1Oc1c(cccc1-c1ccc(-c3nc(-c4ccccc4)nc(-c4ccccc4)n3)cc1)Cc1ccccc1-c1ccccc1C2. The molecule has 0 N–H and O–H groups in total. The van der Waals surface area contributed by atoms with Crippen LogP contribution in [-0.2, 0) is 12.8 Å². The zero-order chi connectivity index (χ0) is 39.5. The number of nitriles is 1. The van der Waals surface area contributed by atoms with Crippen molar-refractivity contribution in [1.29, 1.82) is 5.26 Å². The molecule has 0 unspecified atom stereocenters. The third-order valence-corrected chi connectivity index (χ3v) is 11.0. The standard InChI is InChI=1S/C54H36N4O/c55-35-44-21-9-12-26-47(44)49-28-14-23-43-34-41-20-8-11-25-46(41)45-24-10-7-19-40(45)33-42-22-13-27-48(50(42)59-51(43)49)36-29-31-39(32-30-36)54-57-52(37-15-3-1-4-16-37)56-53(58-54)38-17-5-2-6-18-38/h1-32H,33-34H2. The summed E-state index contributed by atoms with van der Waals surface area (Å²) < 4.78 is 7.38.